The van der Waals surface area contributed by atoms with Gasteiger partial charge in [0.2, 0.25) is 11.7 Å². The lowest BCUT2D eigenvalue weighted by Crippen LogP contribution is -2.34. The van der Waals surface area contributed by atoms with Crippen LogP contribution in [-0.2, 0) is 6.42 Å². The van der Waals surface area contributed by atoms with Gasteiger partial charge in [-0.3, -0.25) is 4.98 Å². The van der Waals surface area contributed by atoms with Crippen LogP contribution in [0.5, 0.6) is 0 Å². The van der Waals surface area contributed by atoms with Gasteiger partial charge in [-0.05, 0) is 37.9 Å². The van der Waals surface area contributed by atoms with Crippen LogP contribution in [0.2, 0.25) is 0 Å². The molecule has 2 aromatic rings. The number of aromatic nitrogens is 3. The number of pyridine rings is 1. The van der Waals surface area contributed by atoms with E-state index in [1.165, 1.54) is 19.3 Å². The summed E-state index contributed by atoms with van der Waals surface area (Å²) in [6.45, 7) is 1.14. The van der Waals surface area contributed by atoms with Crippen LogP contribution in [0.4, 0.5) is 0 Å². The van der Waals surface area contributed by atoms with Gasteiger partial charge < -0.3 is 9.84 Å². The first-order chi connectivity index (χ1) is 9.42. The number of hydrogen-bond acceptors (Lipinski definition) is 5. The average Bonchev–Trinajstić information content (AvgIpc) is 2.96. The molecule has 3 heterocycles. The first-order valence-corrected chi connectivity index (χ1v) is 6.88. The van der Waals surface area contributed by atoms with Gasteiger partial charge in [-0.2, -0.15) is 4.98 Å². The summed E-state index contributed by atoms with van der Waals surface area (Å²) < 4.78 is 5.30. The quantitative estimate of drug-likeness (QED) is 0.910. The smallest absolute Gasteiger partial charge is 0.227 e. The molecule has 5 heteroatoms. The third-order valence-corrected chi connectivity index (χ3v) is 3.53. The second-order valence-corrected chi connectivity index (χ2v) is 4.93. The third kappa shape index (κ3) is 3.17. The summed E-state index contributed by atoms with van der Waals surface area (Å²) in [7, 11) is 0. The van der Waals surface area contributed by atoms with Crippen molar-refractivity contribution in [1.29, 1.82) is 0 Å². The van der Waals surface area contributed by atoms with Crippen molar-refractivity contribution in [1.82, 2.24) is 20.4 Å². The Bertz CT molecular complexity index is 505. The Labute approximate surface area is 112 Å². The van der Waals surface area contributed by atoms with E-state index < -0.39 is 0 Å². The van der Waals surface area contributed by atoms with Gasteiger partial charge >= 0.3 is 0 Å². The lowest BCUT2D eigenvalue weighted by molar-refractivity contribution is 0.342. The molecule has 0 saturated carbocycles. The van der Waals surface area contributed by atoms with Gasteiger partial charge in [0.15, 0.2) is 0 Å². The minimum Gasteiger partial charge on any atom is -0.339 e. The normalized spacial score (nSPS) is 19.5. The van der Waals surface area contributed by atoms with E-state index in [9.17, 15) is 0 Å². The highest BCUT2D eigenvalue weighted by atomic mass is 16.5. The highest BCUT2D eigenvalue weighted by Crippen LogP contribution is 2.16. The zero-order chi connectivity index (χ0) is 12.9. The van der Waals surface area contributed by atoms with Crippen molar-refractivity contribution in [2.24, 2.45) is 0 Å². The number of aryl methyl sites for hydroxylation is 1. The summed E-state index contributed by atoms with van der Waals surface area (Å²) in [6, 6.07) is 4.37. The van der Waals surface area contributed by atoms with E-state index in [-0.39, 0.29) is 0 Å². The predicted molar refractivity (Wildman–Crippen MR) is 71.5 cm³/mol. The summed E-state index contributed by atoms with van der Waals surface area (Å²) in [6.07, 6.45) is 9.25. The first-order valence-electron chi connectivity index (χ1n) is 6.88. The molecule has 0 aromatic carbocycles. The van der Waals surface area contributed by atoms with E-state index in [0.717, 1.165) is 30.8 Å². The molecule has 0 radical (unpaired) electrons. The number of piperidine rings is 1. The summed E-state index contributed by atoms with van der Waals surface area (Å²) in [5.41, 5.74) is 0.945. The lowest BCUT2D eigenvalue weighted by atomic mass is 10.0. The van der Waals surface area contributed by atoms with Crippen LogP contribution in [0.25, 0.3) is 11.4 Å². The molecule has 2 aromatic heterocycles. The molecule has 0 spiro atoms. The maximum absolute atomic E-state index is 5.30. The molecular weight excluding hydrogens is 240 g/mol. The fourth-order valence-electron chi connectivity index (χ4n) is 2.44. The molecule has 19 heavy (non-hydrogen) atoms. The van der Waals surface area contributed by atoms with Crippen molar-refractivity contribution >= 4 is 0 Å². The molecule has 1 fully saturated rings. The van der Waals surface area contributed by atoms with Crippen LogP contribution in [0.15, 0.2) is 29.0 Å². The minimum absolute atomic E-state index is 0.602. The summed E-state index contributed by atoms with van der Waals surface area (Å²) in [4.78, 5) is 8.41. The highest BCUT2D eigenvalue weighted by molar-refractivity contribution is 5.52. The molecule has 1 atom stereocenters. The lowest BCUT2D eigenvalue weighted by Gasteiger charge is -2.22. The molecule has 5 nitrogen and oxygen atoms in total. The Morgan fingerprint density at radius 1 is 1.26 bits per heavy atom. The zero-order valence-corrected chi connectivity index (χ0v) is 10.9. The number of rotatable bonds is 4. The Kier molecular flexibility index (Phi) is 3.83. The molecular formula is C14H18N4O. The van der Waals surface area contributed by atoms with Crippen molar-refractivity contribution in [3.05, 3.63) is 30.4 Å². The molecule has 1 unspecified atom stereocenters. The SMILES string of the molecule is c1cc(-c2noc(CCC3CCCCN3)n2)ccn1. The maximum atomic E-state index is 5.30. The topological polar surface area (TPSA) is 63.8 Å². The standard InChI is InChI=1S/C14H18N4O/c1-2-8-16-12(3-1)4-5-13-17-14(18-19-13)11-6-9-15-10-7-11/h6-7,9-10,12,16H,1-5,8H2. The molecule has 1 saturated heterocycles. The molecule has 0 aliphatic carbocycles. The van der Waals surface area contributed by atoms with Crippen molar-refractivity contribution < 1.29 is 4.52 Å². The van der Waals surface area contributed by atoms with Gasteiger partial charge in [0, 0.05) is 30.4 Å². The Morgan fingerprint density at radius 3 is 2.95 bits per heavy atom. The van der Waals surface area contributed by atoms with Crippen LogP contribution < -0.4 is 5.32 Å². The Morgan fingerprint density at radius 2 is 2.16 bits per heavy atom. The molecule has 1 aliphatic rings. The number of nitrogens with one attached hydrogen (secondary N) is 1. The third-order valence-electron chi connectivity index (χ3n) is 3.53. The molecule has 1 N–H and O–H groups in total. The van der Waals surface area contributed by atoms with E-state index >= 15 is 0 Å². The average molecular weight is 258 g/mol. The molecule has 0 bridgehead atoms. The van der Waals surface area contributed by atoms with Gasteiger partial charge in [-0.15, -0.1) is 0 Å². The van der Waals surface area contributed by atoms with Gasteiger partial charge in [0.25, 0.3) is 0 Å². The first kappa shape index (κ1) is 12.3. The maximum Gasteiger partial charge on any atom is 0.227 e. The van der Waals surface area contributed by atoms with Crippen LogP contribution in [0.3, 0.4) is 0 Å². The van der Waals surface area contributed by atoms with Gasteiger partial charge in [-0.25, -0.2) is 0 Å². The second-order valence-electron chi connectivity index (χ2n) is 4.93. The van der Waals surface area contributed by atoms with Crippen molar-refractivity contribution in [2.75, 3.05) is 6.54 Å². The monoisotopic (exact) mass is 258 g/mol. The van der Waals surface area contributed by atoms with Gasteiger partial charge in [0.05, 0.1) is 0 Å². The number of hydrogen-bond donors (Lipinski definition) is 1. The van der Waals surface area contributed by atoms with Crippen LogP contribution in [0, 0.1) is 0 Å². The van der Waals surface area contributed by atoms with E-state index in [2.05, 4.69) is 20.4 Å². The second kappa shape index (κ2) is 5.93. The Hall–Kier alpha value is -1.75. The van der Waals surface area contributed by atoms with Crippen LogP contribution >= 0.6 is 0 Å². The number of nitrogens with zero attached hydrogens (tertiary/aromatic N) is 3. The van der Waals surface area contributed by atoms with Crippen molar-refractivity contribution in [3.8, 4) is 11.4 Å². The van der Waals surface area contributed by atoms with Crippen LogP contribution in [-0.4, -0.2) is 27.7 Å². The van der Waals surface area contributed by atoms with Gasteiger partial charge in [-0.1, -0.05) is 11.6 Å². The summed E-state index contributed by atoms with van der Waals surface area (Å²) in [5, 5.41) is 7.55. The summed E-state index contributed by atoms with van der Waals surface area (Å²) in [5.74, 6) is 1.37. The van der Waals surface area contributed by atoms with E-state index in [4.69, 9.17) is 4.52 Å². The van der Waals surface area contributed by atoms with Crippen molar-refractivity contribution in [3.63, 3.8) is 0 Å². The molecule has 0 amide bonds. The zero-order valence-electron chi connectivity index (χ0n) is 10.9. The van der Waals surface area contributed by atoms with E-state index in [1.54, 1.807) is 12.4 Å². The van der Waals surface area contributed by atoms with E-state index in [1.807, 2.05) is 12.1 Å². The van der Waals surface area contributed by atoms with Crippen LogP contribution in [0.1, 0.15) is 31.6 Å². The predicted octanol–water partition coefficient (Wildman–Crippen LogP) is 2.21. The molecule has 100 valence electrons. The molecule has 1 aliphatic heterocycles. The summed E-state index contributed by atoms with van der Waals surface area (Å²) >= 11 is 0. The largest absolute Gasteiger partial charge is 0.339 e. The highest BCUT2D eigenvalue weighted by Gasteiger charge is 2.14. The fourth-order valence-corrected chi connectivity index (χ4v) is 2.44. The van der Waals surface area contributed by atoms with Gasteiger partial charge in [0.1, 0.15) is 0 Å². The minimum atomic E-state index is 0.602. The molecule has 3 rings (SSSR count). The Balaban J connectivity index is 1.59. The van der Waals surface area contributed by atoms with E-state index in [0.29, 0.717) is 11.9 Å². The fraction of sp³-hybridized carbons (Fsp3) is 0.500. The van der Waals surface area contributed by atoms with Crippen molar-refractivity contribution in [2.45, 2.75) is 38.1 Å².